The van der Waals surface area contributed by atoms with Crippen molar-refractivity contribution in [2.75, 3.05) is 18.4 Å². The van der Waals surface area contributed by atoms with Crippen LogP contribution in [0.4, 0.5) is 20.4 Å². The molecule has 2 aromatic carbocycles. The van der Waals surface area contributed by atoms with Gasteiger partial charge in [0.05, 0.1) is 6.20 Å². The molecule has 1 aliphatic rings. The van der Waals surface area contributed by atoms with Crippen LogP contribution in [0.1, 0.15) is 16.8 Å². The number of carbonyl (C=O) groups excluding carboxylic acids is 1. The molecule has 0 unspecified atom stereocenters. The summed E-state index contributed by atoms with van der Waals surface area (Å²) in [4.78, 5) is 16.2. The van der Waals surface area contributed by atoms with Crippen molar-refractivity contribution >= 4 is 17.5 Å². The lowest BCUT2D eigenvalue weighted by Gasteiger charge is -2.11. The van der Waals surface area contributed by atoms with Gasteiger partial charge >= 0.3 is 0 Å². The summed E-state index contributed by atoms with van der Waals surface area (Å²) in [6, 6.07) is 10.5. The van der Waals surface area contributed by atoms with Gasteiger partial charge in [-0.1, -0.05) is 6.07 Å². The number of amides is 1. The van der Waals surface area contributed by atoms with E-state index in [1.165, 1.54) is 12.3 Å². The Morgan fingerprint density at radius 2 is 1.89 bits per heavy atom. The van der Waals surface area contributed by atoms with Crippen molar-refractivity contribution in [1.29, 1.82) is 0 Å². The molecule has 0 aliphatic carbocycles. The van der Waals surface area contributed by atoms with Crippen LogP contribution in [-0.4, -0.2) is 30.0 Å². The normalized spacial score (nSPS) is 16.1. The first-order chi connectivity index (χ1) is 13.6. The molecule has 6 nitrogen and oxygen atoms in total. The molecule has 0 spiro atoms. The average Bonchev–Trinajstić information content (AvgIpc) is 3.35. The van der Waals surface area contributed by atoms with Gasteiger partial charge in [0.2, 0.25) is 11.8 Å². The number of oxazole rings is 1. The molecular weight excluding hydrogens is 366 g/mol. The number of hydrogen-bond acceptors (Lipinski definition) is 5. The molecule has 3 aromatic rings. The van der Waals surface area contributed by atoms with E-state index < -0.39 is 11.6 Å². The molecule has 1 saturated heterocycles. The van der Waals surface area contributed by atoms with Gasteiger partial charge in [0.1, 0.15) is 17.2 Å². The summed E-state index contributed by atoms with van der Waals surface area (Å²) in [6.07, 6.45) is 2.26. The molecule has 1 aromatic heterocycles. The standard InChI is InChI=1S/C20H18F2N4O2/c21-15-2-1-3-16(22)18(15)20-24-11-17(28-20)25-13-6-4-12(5-7-13)19(27)26-14-8-9-23-10-14/h1-7,11,14,23,25H,8-10H2,(H,26,27)/t14-/m0/s1. The summed E-state index contributed by atoms with van der Waals surface area (Å²) in [5.41, 5.74) is 0.879. The molecule has 1 atom stereocenters. The fourth-order valence-electron chi connectivity index (χ4n) is 3.04. The number of rotatable bonds is 5. The summed E-state index contributed by atoms with van der Waals surface area (Å²) in [6.45, 7) is 1.69. The molecule has 1 fully saturated rings. The minimum absolute atomic E-state index is 0.128. The maximum Gasteiger partial charge on any atom is 0.251 e. The fourth-order valence-corrected chi connectivity index (χ4v) is 3.04. The van der Waals surface area contributed by atoms with Crippen LogP contribution in [0, 0.1) is 11.6 Å². The van der Waals surface area contributed by atoms with Gasteiger partial charge in [-0.05, 0) is 49.4 Å². The van der Waals surface area contributed by atoms with Crippen LogP contribution < -0.4 is 16.0 Å². The molecule has 28 heavy (non-hydrogen) atoms. The van der Waals surface area contributed by atoms with Crippen molar-refractivity contribution in [2.24, 2.45) is 0 Å². The molecule has 4 rings (SSSR count). The molecule has 0 bridgehead atoms. The first-order valence-corrected chi connectivity index (χ1v) is 8.89. The van der Waals surface area contributed by atoms with E-state index >= 15 is 0 Å². The Bertz CT molecular complexity index is 962. The number of aromatic nitrogens is 1. The zero-order valence-electron chi connectivity index (χ0n) is 14.8. The van der Waals surface area contributed by atoms with Gasteiger partial charge in [0, 0.05) is 23.8 Å². The fraction of sp³-hybridized carbons (Fsp3) is 0.200. The second kappa shape index (κ2) is 7.77. The Kier molecular flexibility index (Phi) is 5.03. The van der Waals surface area contributed by atoms with Gasteiger partial charge in [-0.2, -0.15) is 0 Å². The SMILES string of the molecule is O=C(N[C@H]1CCNC1)c1ccc(Nc2cnc(-c3c(F)cccc3F)o2)cc1. The first kappa shape index (κ1) is 18.1. The highest BCUT2D eigenvalue weighted by Gasteiger charge is 2.18. The minimum Gasteiger partial charge on any atom is -0.420 e. The highest BCUT2D eigenvalue weighted by Crippen LogP contribution is 2.28. The molecule has 2 heterocycles. The number of benzene rings is 2. The lowest BCUT2D eigenvalue weighted by molar-refractivity contribution is 0.0940. The number of carbonyl (C=O) groups is 1. The zero-order chi connectivity index (χ0) is 19.5. The largest absolute Gasteiger partial charge is 0.420 e. The molecule has 0 radical (unpaired) electrons. The van der Waals surface area contributed by atoms with Crippen LogP contribution in [0.3, 0.4) is 0 Å². The van der Waals surface area contributed by atoms with Crippen LogP contribution in [0.2, 0.25) is 0 Å². The van der Waals surface area contributed by atoms with Gasteiger partial charge in [0.15, 0.2) is 0 Å². The third-order valence-corrected chi connectivity index (χ3v) is 4.49. The quantitative estimate of drug-likeness (QED) is 0.628. The van der Waals surface area contributed by atoms with Crippen molar-refractivity contribution in [3.63, 3.8) is 0 Å². The van der Waals surface area contributed by atoms with Crippen LogP contribution in [0.25, 0.3) is 11.5 Å². The number of hydrogen-bond donors (Lipinski definition) is 3. The second-order valence-corrected chi connectivity index (χ2v) is 6.49. The van der Waals surface area contributed by atoms with Gasteiger partial charge in [-0.3, -0.25) is 4.79 Å². The van der Waals surface area contributed by atoms with Crippen LogP contribution >= 0.6 is 0 Å². The number of nitrogens with zero attached hydrogens (tertiary/aromatic N) is 1. The highest BCUT2D eigenvalue weighted by molar-refractivity contribution is 5.94. The van der Waals surface area contributed by atoms with Crippen molar-refractivity contribution in [2.45, 2.75) is 12.5 Å². The predicted octanol–water partition coefficient (Wildman–Crippen LogP) is 3.46. The summed E-state index contributed by atoms with van der Waals surface area (Å²) >= 11 is 0. The zero-order valence-corrected chi connectivity index (χ0v) is 14.8. The van der Waals surface area contributed by atoms with E-state index in [4.69, 9.17) is 4.42 Å². The lowest BCUT2D eigenvalue weighted by atomic mass is 10.1. The molecular formula is C20H18F2N4O2. The monoisotopic (exact) mass is 384 g/mol. The number of anilines is 2. The van der Waals surface area contributed by atoms with Gasteiger partial charge < -0.3 is 20.4 Å². The minimum atomic E-state index is -0.749. The maximum absolute atomic E-state index is 13.8. The van der Waals surface area contributed by atoms with Crippen molar-refractivity contribution in [3.05, 3.63) is 65.9 Å². The maximum atomic E-state index is 13.8. The van der Waals surface area contributed by atoms with Gasteiger partial charge in [-0.15, -0.1) is 0 Å². The molecule has 1 amide bonds. The van der Waals surface area contributed by atoms with Crippen LogP contribution in [0.5, 0.6) is 0 Å². The number of nitrogens with one attached hydrogen (secondary N) is 3. The Morgan fingerprint density at radius 1 is 1.14 bits per heavy atom. The Labute approximate surface area is 160 Å². The molecule has 144 valence electrons. The van der Waals surface area contributed by atoms with E-state index in [2.05, 4.69) is 20.9 Å². The highest BCUT2D eigenvalue weighted by atomic mass is 19.1. The van der Waals surface area contributed by atoms with Crippen molar-refractivity contribution in [1.82, 2.24) is 15.6 Å². The van der Waals surface area contributed by atoms with E-state index in [0.717, 1.165) is 31.6 Å². The third-order valence-electron chi connectivity index (χ3n) is 4.49. The predicted molar refractivity (Wildman–Crippen MR) is 100 cm³/mol. The third kappa shape index (κ3) is 3.86. The lowest BCUT2D eigenvalue weighted by Crippen LogP contribution is -2.36. The van der Waals surface area contributed by atoms with E-state index in [1.54, 1.807) is 24.3 Å². The van der Waals surface area contributed by atoms with Crippen LogP contribution in [0.15, 0.2) is 53.1 Å². The van der Waals surface area contributed by atoms with Crippen molar-refractivity contribution in [3.8, 4) is 11.5 Å². The van der Waals surface area contributed by atoms with Gasteiger partial charge in [-0.25, -0.2) is 13.8 Å². The second-order valence-electron chi connectivity index (χ2n) is 6.49. The topological polar surface area (TPSA) is 79.2 Å². The summed E-state index contributed by atoms with van der Waals surface area (Å²) in [5, 5.41) is 9.13. The summed E-state index contributed by atoms with van der Waals surface area (Å²) in [5.74, 6) is -1.55. The molecule has 0 saturated carbocycles. The van der Waals surface area contributed by atoms with E-state index in [0.29, 0.717) is 11.3 Å². The van der Waals surface area contributed by atoms with Gasteiger partial charge in [0.25, 0.3) is 5.91 Å². The van der Waals surface area contributed by atoms with E-state index in [-0.39, 0.29) is 29.3 Å². The Morgan fingerprint density at radius 3 is 2.57 bits per heavy atom. The average molecular weight is 384 g/mol. The summed E-state index contributed by atoms with van der Waals surface area (Å²) < 4.78 is 33.1. The molecule has 8 heteroatoms. The van der Waals surface area contributed by atoms with Crippen LogP contribution in [-0.2, 0) is 0 Å². The smallest absolute Gasteiger partial charge is 0.251 e. The molecule has 3 N–H and O–H groups in total. The van der Waals surface area contributed by atoms with E-state index in [1.807, 2.05) is 0 Å². The van der Waals surface area contributed by atoms with E-state index in [9.17, 15) is 13.6 Å². The Hall–Kier alpha value is -3.26. The summed E-state index contributed by atoms with van der Waals surface area (Å²) in [7, 11) is 0. The number of halogens is 2. The Balaban J connectivity index is 1.44. The van der Waals surface area contributed by atoms with Crippen molar-refractivity contribution < 1.29 is 18.0 Å². The first-order valence-electron chi connectivity index (χ1n) is 8.89. The molecule has 1 aliphatic heterocycles.